The molecule has 0 aromatic heterocycles. The molecule has 0 bridgehead atoms. The van der Waals surface area contributed by atoms with Crippen LogP contribution in [0.4, 0.5) is 0 Å². The van der Waals surface area contributed by atoms with E-state index in [1.807, 2.05) is 19.0 Å². The van der Waals surface area contributed by atoms with E-state index in [4.69, 9.17) is 9.84 Å². The molecule has 1 aliphatic heterocycles. The fourth-order valence-corrected chi connectivity index (χ4v) is 1.12. The zero-order chi connectivity index (χ0) is 8.43. The molecule has 1 aliphatic rings. The average molecular weight is 161 g/mol. The van der Waals surface area contributed by atoms with Crippen LogP contribution in [0.2, 0.25) is 0 Å². The van der Waals surface area contributed by atoms with E-state index < -0.39 is 6.10 Å². The van der Waals surface area contributed by atoms with Gasteiger partial charge in [0.2, 0.25) is 0 Å². The number of likely N-dealkylation sites (N-methyl/N-ethyl adjacent to an activating group) is 1. The maximum atomic E-state index is 9.38. The predicted octanol–water partition coefficient (Wildman–Crippen LogP) is -1.33. The van der Waals surface area contributed by atoms with Gasteiger partial charge in [0.05, 0.1) is 12.7 Å². The first kappa shape index (κ1) is 8.93. The maximum absolute atomic E-state index is 9.38. The highest BCUT2D eigenvalue weighted by atomic mass is 16.6. The van der Waals surface area contributed by atoms with Crippen molar-refractivity contribution in [1.82, 2.24) is 4.90 Å². The summed E-state index contributed by atoms with van der Waals surface area (Å²) in [7, 11) is 3.78. The maximum Gasteiger partial charge on any atom is 0.114 e. The highest BCUT2D eigenvalue weighted by Gasteiger charge is 2.43. The Morgan fingerprint density at radius 3 is 2.55 bits per heavy atom. The molecule has 3 atom stereocenters. The largest absolute Gasteiger partial charge is 0.394 e. The number of rotatable bonds is 4. The van der Waals surface area contributed by atoms with E-state index in [2.05, 4.69) is 0 Å². The average Bonchev–Trinajstić information content (AvgIpc) is 2.63. The molecule has 11 heavy (non-hydrogen) atoms. The number of hydrogen-bond acceptors (Lipinski definition) is 4. The minimum Gasteiger partial charge on any atom is -0.394 e. The van der Waals surface area contributed by atoms with Gasteiger partial charge in [-0.1, -0.05) is 0 Å². The van der Waals surface area contributed by atoms with Crippen molar-refractivity contribution >= 4 is 0 Å². The Balaban J connectivity index is 2.17. The van der Waals surface area contributed by atoms with E-state index in [1.54, 1.807) is 0 Å². The molecular formula is C7H15NO3. The molecule has 0 radical (unpaired) electrons. The molecule has 0 spiro atoms. The van der Waals surface area contributed by atoms with Gasteiger partial charge in [-0.3, -0.25) is 0 Å². The molecule has 4 nitrogen and oxygen atoms in total. The molecule has 1 heterocycles. The second kappa shape index (κ2) is 3.49. The molecule has 2 N–H and O–H groups in total. The van der Waals surface area contributed by atoms with Crippen LogP contribution in [-0.4, -0.2) is 60.7 Å². The molecule has 0 aromatic rings. The summed E-state index contributed by atoms with van der Waals surface area (Å²) in [5.74, 6) is 0. The highest BCUT2D eigenvalue weighted by molar-refractivity contribution is 4.90. The van der Waals surface area contributed by atoms with Crippen LogP contribution >= 0.6 is 0 Å². The van der Waals surface area contributed by atoms with Crippen LogP contribution in [0.3, 0.4) is 0 Å². The van der Waals surface area contributed by atoms with E-state index in [-0.39, 0.29) is 18.8 Å². The standard InChI is InChI=1S/C7H15NO3/c1-8(2)3-5(10)7-6(4-9)11-7/h5-7,9-10H,3-4H2,1-2H3. The normalized spacial score (nSPS) is 32.5. The third kappa shape index (κ3) is 2.41. The molecule has 0 amide bonds. The number of hydrogen-bond donors (Lipinski definition) is 2. The molecule has 0 aliphatic carbocycles. The molecule has 4 heteroatoms. The number of aliphatic hydroxyl groups excluding tert-OH is 2. The van der Waals surface area contributed by atoms with E-state index in [0.29, 0.717) is 6.54 Å². The van der Waals surface area contributed by atoms with Gasteiger partial charge in [0.1, 0.15) is 12.2 Å². The lowest BCUT2D eigenvalue weighted by atomic mass is 10.2. The van der Waals surface area contributed by atoms with Gasteiger partial charge in [0, 0.05) is 6.54 Å². The number of nitrogens with zero attached hydrogens (tertiary/aromatic N) is 1. The third-order valence-electron chi connectivity index (χ3n) is 1.73. The Bertz CT molecular complexity index is 129. The minimum absolute atomic E-state index is 0.00908. The lowest BCUT2D eigenvalue weighted by molar-refractivity contribution is 0.105. The molecule has 1 rings (SSSR count). The Labute approximate surface area is 66.4 Å². The van der Waals surface area contributed by atoms with Crippen molar-refractivity contribution < 1.29 is 14.9 Å². The fraction of sp³-hybridized carbons (Fsp3) is 1.00. The molecular weight excluding hydrogens is 146 g/mol. The minimum atomic E-state index is -0.470. The first-order valence-electron chi connectivity index (χ1n) is 3.74. The van der Waals surface area contributed by atoms with Crippen LogP contribution in [0.1, 0.15) is 0 Å². The highest BCUT2D eigenvalue weighted by Crippen LogP contribution is 2.24. The Morgan fingerprint density at radius 2 is 2.18 bits per heavy atom. The lowest BCUT2D eigenvalue weighted by Gasteiger charge is -2.13. The molecule has 1 saturated heterocycles. The number of aliphatic hydroxyl groups is 2. The molecule has 0 saturated carbocycles. The SMILES string of the molecule is CN(C)CC(O)C1OC1CO. The first-order valence-corrected chi connectivity index (χ1v) is 3.74. The molecule has 3 unspecified atom stereocenters. The Kier molecular flexibility index (Phi) is 2.84. The molecule has 1 fully saturated rings. The van der Waals surface area contributed by atoms with Gasteiger partial charge in [0.25, 0.3) is 0 Å². The summed E-state index contributed by atoms with van der Waals surface area (Å²) in [6.07, 6.45) is -0.755. The smallest absolute Gasteiger partial charge is 0.114 e. The second-order valence-electron chi connectivity index (χ2n) is 3.15. The Hall–Kier alpha value is -0.160. The zero-order valence-corrected chi connectivity index (χ0v) is 6.90. The zero-order valence-electron chi connectivity index (χ0n) is 6.90. The molecule has 66 valence electrons. The van der Waals surface area contributed by atoms with Crippen molar-refractivity contribution in [3.63, 3.8) is 0 Å². The summed E-state index contributed by atoms with van der Waals surface area (Å²) in [4.78, 5) is 1.89. The third-order valence-corrected chi connectivity index (χ3v) is 1.73. The predicted molar refractivity (Wildman–Crippen MR) is 40.3 cm³/mol. The summed E-state index contributed by atoms with van der Waals surface area (Å²) in [5.41, 5.74) is 0. The van der Waals surface area contributed by atoms with Gasteiger partial charge in [-0.2, -0.15) is 0 Å². The summed E-state index contributed by atoms with van der Waals surface area (Å²) in [6, 6.07) is 0. The quantitative estimate of drug-likeness (QED) is 0.501. The van der Waals surface area contributed by atoms with E-state index in [1.165, 1.54) is 0 Å². The van der Waals surface area contributed by atoms with Crippen molar-refractivity contribution in [3.05, 3.63) is 0 Å². The van der Waals surface area contributed by atoms with Crippen LogP contribution < -0.4 is 0 Å². The second-order valence-corrected chi connectivity index (χ2v) is 3.15. The van der Waals surface area contributed by atoms with Crippen molar-refractivity contribution in [2.45, 2.75) is 18.3 Å². The lowest BCUT2D eigenvalue weighted by Crippen LogP contribution is -2.31. The van der Waals surface area contributed by atoms with Crippen LogP contribution in [0, 0.1) is 0 Å². The van der Waals surface area contributed by atoms with Crippen LogP contribution in [0.5, 0.6) is 0 Å². The topological polar surface area (TPSA) is 56.2 Å². The molecule has 0 aromatic carbocycles. The summed E-state index contributed by atoms with van der Waals surface area (Å²) < 4.78 is 5.00. The van der Waals surface area contributed by atoms with Crippen LogP contribution in [0.15, 0.2) is 0 Å². The van der Waals surface area contributed by atoms with Crippen LogP contribution in [0.25, 0.3) is 0 Å². The van der Waals surface area contributed by atoms with E-state index in [0.717, 1.165) is 0 Å². The van der Waals surface area contributed by atoms with Crippen molar-refractivity contribution in [2.24, 2.45) is 0 Å². The van der Waals surface area contributed by atoms with Crippen molar-refractivity contribution in [3.8, 4) is 0 Å². The van der Waals surface area contributed by atoms with Gasteiger partial charge in [-0.25, -0.2) is 0 Å². The summed E-state index contributed by atoms with van der Waals surface area (Å²) in [6.45, 7) is 0.594. The van der Waals surface area contributed by atoms with Crippen molar-refractivity contribution in [1.29, 1.82) is 0 Å². The van der Waals surface area contributed by atoms with Gasteiger partial charge in [0.15, 0.2) is 0 Å². The van der Waals surface area contributed by atoms with Gasteiger partial charge >= 0.3 is 0 Å². The number of ether oxygens (including phenoxy) is 1. The van der Waals surface area contributed by atoms with Crippen molar-refractivity contribution in [2.75, 3.05) is 27.2 Å². The summed E-state index contributed by atoms with van der Waals surface area (Å²) >= 11 is 0. The fourth-order valence-electron chi connectivity index (χ4n) is 1.12. The number of epoxide rings is 1. The van der Waals surface area contributed by atoms with E-state index >= 15 is 0 Å². The first-order chi connectivity index (χ1) is 5.15. The van der Waals surface area contributed by atoms with E-state index in [9.17, 15) is 5.11 Å². The Morgan fingerprint density at radius 1 is 1.55 bits per heavy atom. The monoisotopic (exact) mass is 161 g/mol. The van der Waals surface area contributed by atoms with Crippen LogP contribution in [-0.2, 0) is 4.74 Å². The van der Waals surface area contributed by atoms with Gasteiger partial charge in [-0.15, -0.1) is 0 Å². The van der Waals surface area contributed by atoms with Gasteiger partial charge < -0.3 is 19.8 Å². The summed E-state index contributed by atoms with van der Waals surface area (Å²) in [5, 5.41) is 18.0. The van der Waals surface area contributed by atoms with Gasteiger partial charge in [-0.05, 0) is 14.1 Å².